The zero-order chi connectivity index (χ0) is 6.10. The molecule has 0 saturated carbocycles. The van der Waals surface area contributed by atoms with Crippen molar-refractivity contribution in [1.82, 2.24) is 4.98 Å². The summed E-state index contributed by atoms with van der Waals surface area (Å²) in [4.78, 5) is 4.14. The van der Waals surface area contributed by atoms with E-state index in [2.05, 4.69) is 11.1 Å². The van der Waals surface area contributed by atoms with Gasteiger partial charge in [0, 0.05) is 0 Å². The largest absolute Gasteiger partial charge is 0.813 e. The van der Waals surface area contributed by atoms with Crippen molar-refractivity contribution in [3.05, 3.63) is 29.8 Å². The first kappa shape index (κ1) is 7.57. The number of thiazole rings is 1. The van der Waals surface area contributed by atoms with Crippen LogP contribution in [0.4, 0.5) is 0 Å². The number of para-hydroxylation sites is 1. The molecule has 2 aromatic rings. The Hall–Kier alpha value is -0.540. The first-order valence-electron chi connectivity index (χ1n) is 2.75. The topological polar surface area (TPSA) is 12.9 Å². The van der Waals surface area contributed by atoms with E-state index in [1.165, 1.54) is 4.70 Å². The molecular formula is C7H6NS2-. The van der Waals surface area contributed by atoms with Gasteiger partial charge < -0.3 is 13.5 Å². The Labute approximate surface area is 70.2 Å². The summed E-state index contributed by atoms with van der Waals surface area (Å²) in [7, 11) is 0. The Bertz CT molecular complexity index is 286. The van der Waals surface area contributed by atoms with Gasteiger partial charge in [0.25, 0.3) is 0 Å². The Morgan fingerprint density at radius 1 is 1.20 bits per heavy atom. The van der Waals surface area contributed by atoms with E-state index in [1.54, 1.807) is 11.3 Å². The minimum atomic E-state index is 0. The number of rotatable bonds is 0. The van der Waals surface area contributed by atoms with Gasteiger partial charge in [-0.05, 0) is 12.1 Å². The molecule has 0 amide bonds. The van der Waals surface area contributed by atoms with E-state index in [-0.39, 0.29) is 13.5 Å². The zero-order valence-corrected chi connectivity index (χ0v) is 6.90. The second-order valence-corrected chi connectivity index (χ2v) is 2.71. The molecule has 0 aliphatic carbocycles. The minimum Gasteiger partial charge on any atom is -0.813 e. The molecule has 3 heteroatoms. The molecule has 0 unspecified atom stereocenters. The van der Waals surface area contributed by atoms with Gasteiger partial charge in [0.2, 0.25) is 0 Å². The Morgan fingerprint density at radius 2 is 2.00 bits per heavy atom. The molecule has 2 rings (SSSR count). The van der Waals surface area contributed by atoms with Gasteiger partial charge in [-0.1, -0.05) is 12.1 Å². The maximum Gasteiger partial charge on any atom is 0.0812 e. The molecule has 0 radical (unpaired) electrons. The van der Waals surface area contributed by atoms with Gasteiger partial charge in [-0.25, -0.2) is 4.98 Å². The van der Waals surface area contributed by atoms with E-state index < -0.39 is 0 Å². The summed E-state index contributed by atoms with van der Waals surface area (Å²) in [6.07, 6.45) is 0. The van der Waals surface area contributed by atoms with E-state index in [4.69, 9.17) is 0 Å². The lowest BCUT2D eigenvalue weighted by molar-refractivity contribution is 1.50. The van der Waals surface area contributed by atoms with E-state index in [9.17, 15) is 0 Å². The fourth-order valence-corrected chi connectivity index (χ4v) is 1.48. The molecule has 0 spiro atoms. The summed E-state index contributed by atoms with van der Waals surface area (Å²) < 4.78 is 1.26. The summed E-state index contributed by atoms with van der Waals surface area (Å²) in [6, 6.07) is 8.13. The summed E-state index contributed by atoms with van der Waals surface area (Å²) in [5, 5.41) is 0. The van der Waals surface area contributed by atoms with Crippen LogP contribution in [0.3, 0.4) is 0 Å². The minimum absolute atomic E-state index is 0. The van der Waals surface area contributed by atoms with Gasteiger partial charge in [-0.15, -0.1) is 11.3 Å². The number of fused-ring (bicyclic) bond motifs is 1. The highest BCUT2D eigenvalue weighted by molar-refractivity contribution is 7.37. The lowest BCUT2D eigenvalue weighted by Crippen LogP contribution is -1.61. The number of thiol groups is 1. The van der Waals surface area contributed by atoms with Crippen LogP contribution in [0.1, 0.15) is 0 Å². The fourth-order valence-electron chi connectivity index (χ4n) is 0.803. The molecule has 1 heterocycles. The smallest absolute Gasteiger partial charge is 0.0812 e. The van der Waals surface area contributed by atoms with Crippen molar-refractivity contribution in [3.63, 3.8) is 0 Å². The lowest BCUT2D eigenvalue weighted by Gasteiger charge is -1.80. The van der Waals surface area contributed by atoms with Crippen molar-refractivity contribution in [3.8, 4) is 0 Å². The van der Waals surface area contributed by atoms with Crippen molar-refractivity contribution < 1.29 is 0 Å². The molecule has 1 nitrogen and oxygen atoms in total. The quantitative estimate of drug-likeness (QED) is 0.441. The molecule has 0 atom stereocenters. The molecule has 1 aromatic carbocycles. The van der Waals surface area contributed by atoms with Crippen molar-refractivity contribution in [2.75, 3.05) is 0 Å². The maximum atomic E-state index is 4.14. The third-order valence-electron chi connectivity index (χ3n) is 1.24. The van der Waals surface area contributed by atoms with Gasteiger partial charge >= 0.3 is 0 Å². The van der Waals surface area contributed by atoms with Crippen LogP contribution >= 0.6 is 11.3 Å². The second-order valence-electron chi connectivity index (χ2n) is 1.82. The van der Waals surface area contributed by atoms with Crippen LogP contribution in [0.5, 0.6) is 0 Å². The molecule has 0 N–H and O–H groups in total. The number of hydrogen-bond acceptors (Lipinski definition) is 3. The summed E-state index contributed by atoms with van der Waals surface area (Å²) in [6.45, 7) is 0. The van der Waals surface area contributed by atoms with Crippen molar-refractivity contribution >= 4 is 35.0 Å². The van der Waals surface area contributed by atoms with Crippen LogP contribution in [0.25, 0.3) is 10.2 Å². The molecule has 0 bridgehead atoms. The Morgan fingerprint density at radius 3 is 2.80 bits per heavy atom. The van der Waals surface area contributed by atoms with Gasteiger partial charge in [0.1, 0.15) is 0 Å². The number of hydrogen-bond donors (Lipinski definition) is 0. The standard InChI is InChI=1S/C7H5NS.H2S/c1-2-4-7-6(3-1)8-5-9-7;/h1-5H;1H2/p-1. The SMILES string of the molecule is [SH-].c1ccc2scnc2c1. The Balaban J connectivity index is 0.000000500. The van der Waals surface area contributed by atoms with E-state index in [0.717, 1.165) is 5.52 Å². The fraction of sp³-hybridized carbons (Fsp3) is 0. The molecule has 0 saturated heterocycles. The third kappa shape index (κ3) is 1.15. The van der Waals surface area contributed by atoms with Gasteiger partial charge in [-0.2, -0.15) is 0 Å². The third-order valence-corrected chi connectivity index (χ3v) is 2.05. The van der Waals surface area contributed by atoms with Crippen LogP contribution in [-0.2, 0) is 13.5 Å². The molecule has 0 fully saturated rings. The predicted octanol–water partition coefficient (Wildman–Crippen LogP) is 2.03. The van der Waals surface area contributed by atoms with Crippen LogP contribution < -0.4 is 0 Å². The van der Waals surface area contributed by atoms with Crippen molar-refractivity contribution in [1.29, 1.82) is 0 Å². The molecule has 0 aliphatic rings. The molecule has 10 heavy (non-hydrogen) atoms. The van der Waals surface area contributed by atoms with Crippen LogP contribution in [0.2, 0.25) is 0 Å². The monoisotopic (exact) mass is 168 g/mol. The highest BCUT2D eigenvalue weighted by Crippen LogP contribution is 2.15. The first-order chi connectivity index (χ1) is 4.47. The first-order valence-corrected chi connectivity index (χ1v) is 3.63. The highest BCUT2D eigenvalue weighted by Gasteiger charge is 1.89. The van der Waals surface area contributed by atoms with E-state index in [1.807, 2.05) is 23.7 Å². The molecule has 1 aromatic heterocycles. The summed E-state index contributed by atoms with van der Waals surface area (Å²) in [5.41, 5.74) is 2.97. The zero-order valence-electron chi connectivity index (χ0n) is 5.19. The average molecular weight is 168 g/mol. The van der Waals surface area contributed by atoms with Crippen molar-refractivity contribution in [2.24, 2.45) is 0 Å². The van der Waals surface area contributed by atoms with Crippen molar-refractivity contribution in [2.45, 2.75) is 0 Å². The molecular weight excluding hydrogens is 162 g/mol. The number of aromatic nitrogens is 1. The predicted molar refractivity (Wildman–Crippen MR) is 48.4 cm³/mol. The Kier molecular flexibility index (Phi) is 2.29. The van der Waals surface area contributed by atoms with Crippen LogP contribution in [0, 0.1) is 0 Å². The van der Waals surface area contributed by atoms with Gasteiger partial charge in [0.15, 0.2) is 0 Å². The molecule has 0 aliphatic heterocycles. The lowest BCUT2D eigenvalue weighted by atomic mass is 10.3. The maximum absolute atomic E-state index is 4.14. The van der Waals surface area contributed by atoms with E-state index >= 15 is 0 Å². The number of benzene rings is 1. The average Bonchev–Trinajstić information content (AvgIpc) is 2.33. The van der Waals surface area contributed by atoms with Gasteiger partial charge in [-0.3, -0.25) is 0 Å². The summed E-state index contributed by atoms with van der Waals surface area (Å²) in [5.74, 6) is 0. The van der Waals surface area contributed by atoms with E-state index in [0.29, 0.717) is 0 Å². The second kappa shape index (κ2) is 3.03. The normalized spacial score (nSPS) is 9.20. The van der Waals surface area contributed by atoms with Crippen LogP contribution in [0.15, 0.2) is 29.8 Å². The van der Waals surface area contributed by atoms with Crippen LogP contribution in [-0.4, -0.2) is 4.98 Å². The summed E-state index contributed by atoms with van der Waals surface area (Å²) >= 11 is 1.68. The van der Waals surface area contributed by atoms with Gasteiger partial charge in [0.05, 0.1) is 15.7 Å². The molecule has 52 valence electrons. The highest BCUT2D eigenvalue weighted by atomic mass is 32.1. The number of nitrogens with zero attached hydrogens (tertiary/aromatic N) is 1.